The number of benzene rings is 1. The standard InChI is InChI=1S/C12H12F2IN3O2/c13-12(14,7-17-18-16)5-4-10(11(19)20)8-2-1-3-9(15)6-8/h1-3,6,10H,4-5,7H2,(H,19,20). The number of hydrogen-bond donors (Lipinski definition) is 1. The molecule has 0 radical (unpaired) electrons. The normalized spacial score (nSPS) is 12.6. The van der Waals surface area contributed by atoms with Crippen LogP contribution in [-0.2, 0) is 4.79 Å². The molecule has 0 aliphatic heterocycles. The van der Waals surface area contributed by atoms with Crippen molar-refractivity contribution in [1.82, 2.24) is 0 Å². The van der Waals surface area contributed by atoms with Gasteiger partial charge in [-0.25, -0.2) is 8.78 Å². The molecule has 20 heavy (non-hydrogen) atoms. The Morgan fingerprint density at radius 1 is 1.55 bits per heavy atom. The Morgan fingerprint density at radius 2 is 2.25 bits per heavy atom. The molecule has 1 unspecified atom stereocenters. The zero-order valence-corrected chi connectivity index (χ0v) is 12.5. The van der Waals surface area contributed by atoms with Gasteiger partial charge in [-0.2, -0.15) is 0 Å². The van der Waals surface area contributed by atoms with Gasteiger partial charge in [-0.15, -0.1) is 0 Å². The van der Waals surface area contributed by atoms with Crippen LogP contribution in [0.3, 0.4) is 0 Å². The van der Waals surface area contributed by atoms with E-state index in [0.29, 0.717) is 5.56 Å². The van der Waals surface area contributed by atoms with E-state index in [0.717, 1.165) is 3.57 Å². The Labute approximate surface area is 127 Å². The average molecular weight is 395 g/mol. The molecule has 1 rings (SSSR count). The fraction of sp³-hybridized carbons (Fsp3) is 0.417. The summed E-state index contributed by atoms with van der Waals surface area (Å²) in [6.45, 7) is -0.956. The summed E-state index contributed by atoms with van der Waals surface area (Å²) in [6.07, 6.45) is -0.863. The quantitative estimate of drug-likeness (QED) is 0.325. The van der Waals surface area contributed by atoms with Gasteiger partial charge in [0.1, 0.15) is 0 Å². The number of carbonyl (C=O) groups is 1. The molecule has 0 heterocycles. The number of nitrogens with zero attached hydrogens (tertiary/aromatic N) is 3. The Bertz CT molecular complexity index is 533. The molecule has 0 saturated carbocycles. The predicted octanol–water partition coefficient (Wildman–Crippen LogP) is 4.19. The minimum absolute atomic E-state index is 0.219. The topological polar surface area (TPSA) is 86.1 Å². The number of halogens is 3. The highest BCUT2D eigenvalue weighted by Crippen LogP contribution is 2.29. The van der Waals surface area contributed by atoms with E-state index in [4.69, 9.17) is 10.6 Å². The van der Waals surface area contributed by atoms with Gasteiger partial charge in [-0.1, -0.05) is 17.2 Å². The molecule has 0 fully saturated rings. The summed E-state index contributed by atoms with van der Waals surface area (Å²) >= 11 is 2.03. The van der Waals surface area contributed by atoms with E-state index in [1.165, 1.54) is 0 Å². The molecule has 0 aliphatic carbocycles. The molecule has 0 aliphatic rings. The van der Waals surface area contributed by atoms with Crippen LogP contribution in [0.5, 0.6) is 0 Å². The largest absolute Gasteiger partial charge is 0.481 e. The minimum Gasteiger partial charge on any atom is -0.481 e. The first-order valence-corrected chi connectivity index (χ1v) is 6.80. The number of carboxylic acids is 1. The maximum absolute atomic E-state index is 13.4. The zero-order valence-electron chi connectivity index (χ0n) is 10.3. The van der Waals surface area contributed by atoms with Gasteiger partial charge in [0.2, 0.25) is 0 Å². The lowest BCUT2D eigenvalue weighted by molar-refractivity contribution is -0.139. The summed E-state index contributed by atoms with van der Waals surface area (Å²) in [6, 6.07) is 6.74. The van der Waals surface area contributed by atoms with Crippen LogP contribution in [-0.4, -0.2) is 23.5 Å². The van der Waals surface area contributed by atoms with Gasteiger partial charge in [0.25, 0.3) is 5.92 Å². The Morgan fingerprint density at radius 3 is 2.80 bits per heavy atom. The second kappa shape index (κ2) is 7.39. The summed E-state index contributed by atoms with van der Waals surface area (Å²) in [4.78, 5) is 13.5. The maximum Gasteiger partial charge on any atom is 0.310 e. The first-order valence-electron chi connectivity index (χ1n) is 5.72. The van der Waals surface area contributed by atoms with Gasteiger partial charge >= 0.3 is 5.97 Å². The monoisotopic (exact) mass is 395 g/mol. The SMILES string of the molecule is [N-]=[N+]=NCC(F)(F)CCC(C(=O)O)c1cccc(I)c1. The van der Waals surface area contributed by atoms with Gasteiger partial charge < -0.3 is 5.11 Å². The van der Waals surface area contributed by atoms with Crippen LogP contribution < -0.4 is 0 Å². The lowest BCUT2D eigenvalue weighted by atomic mass is 9.93. The van der Waals surface area contributed by atoms with Crippen LogP contribution in [0.1, 0.15) is 24.3 Å². The second-order valence-electron chi connectivity index (χ2n) is 4.23. The van der Waals surface area contributed by atoms with E-state index >= 15 is 0 Å². The van der Waals surface area contributed by atoms with Gasteiger partial charge in [-0.05, 0) is 52.2 Å². The lowest BCUT2D eigenvalue weighted by Gasteiger charge is -2.17. The third-order valence-corrected chi connectivity index (χ3v) is 3.38. The third-order valence-electron chi connectivity index (χ3n) is 2.71. The van der Waals surface area contributed by atoms with Crippen molar-refractivity contribution in [3.05, 3.63) is 43.8 Å². The molecule has 8 heteroatoms. The van der Waals surface area contributed by atoms with Gasteiger partial charge in [0, 0.05) is 14.9 Å². The molecule has 0 aromatic heterocycles. The van der Waals surface area contributed by atoms with E-state index in [9.17, 15) is 13.6 Å². The molecule has 1 aromatic carbocycles. The highest BCUT2D eigenvalue weighted by molar-refractivity contribution is 14.1. The number of carboxylic acid groups (broad SMARTS) is 1. The molecule has 0 bridgehead atoms. The van der Waals surface area contributed by atoms with Crippen molar-refractivity contribution in [3.8, 4) is 0 Å². The Hall–Kier alpha value is -1.41. The van der Waals surface area contributed by atoms with Crippen LogP contribution in [0.15, 0.2) is 29.4 Å². The lowest BCUT2D eigenvalue weighted by Crippen LogP contribution is -2.23. The van der Waals surface area contributed by atoms with Crippen LogP contribution >= 0.6 is 22.6 Å². The van der Waals surface area contributed by atoms with E-state index in [1.807, 2.05) is 22.6 Å². The molecule has 5 nitrogen and oxygen atoms in total. The third kappa shape index (κ3) is 5.30. The van der Waals surface area contributed by atoms with Crippen molar-refractivity contribution in [2.75, 3.05) is 6.54 Å². The van der Waals surface area contributed by atoms with Gasteiger partial charge in [0.15, 0.2) is 0 Å². The van der Waals surface area contributed by atoms with Crippen LogP contribution in [0.2, 0.25) is 0 Å². The molecule has 108 valence electrons. The number of rotatable bonds is 7. The van der Waals surface area contributed by atoms with E-state index in [2.05, 4.69) is 10.0 Å². The van der Waals surface area contributed by atoms with Crippen molar-refractivity contribution in [3.63, 3.8) is 0 Å². The predicted molar refractivity (Wildman–Crippen MR) is 77.7 cm³/mol. The summed E-state index contributed by atoms with van der Waals surface area (Å²) in [5.41, 5.74) is 8.52. The molecule has 0 saturated heterocycles. The molecular formula is C12H12F2IN3O2. The van der Waals surface area contributed by atoms with E-state index in [-0.39, 0.29) is 6.42 Å². The molecule has 1 aromatic rings. The molecule has 0 spiro atoms. The molecule has 1 N–H and O–H groups in total. The number of aliphatic carboxylic acids is 1. The maximum atomic E-state index is 13.4. The van der Waals surface area contributed by atoms with Crippen molar-refractivity contribution < 1.29 is 18.7 Å². The molecule has 1 atom stereocenters. The van der Waals surface area contributed by atoms with Crippen molar-refractivity contribution in [2.24, 2.45) is 5.11 Å². The van der Waals surface area contributed by atoms with E-state index in [1.54, 1.807) is 24.3 Å². The summed E-state index contributed by atoms with van der Waals surface area (Å²) in [7, 11) is 0. The van der Waals surface area contributed by atoms with Crippen molar-refractivity contribution in [2.45, 2.75) is 24.7 Å². The van der Waals surface area contributed by atoms with Gasteiger partial charge in [-0.3, -0.25) is 4.79 Å². The fourth-order valence-electron chi connectivity index (χ4n) is 1.73. The highest BCUT2D eigenvalue weighted by atomic mass is 127. The molecule has 0 amide bonds. The second-order valence-corrected chi connectivity index (χ2v) is 5.48. The number of azide groups is 1. The zero-order chi connectivity index (χ0) is 15.2. The Kier molecular flexibility index (Phi) is 6.15. The summed E-state index contributed by atoms with van der Waals surface area (Å²) in [5.74, 6) is -5.34. The van der Waals surface area contributed by atoms with Crippen molar-refractivity contribution in [1.29, 1.82) is 0 Å². The van der Waals surface area contributed by atoms with Crippen LogP contribution in [0, 0.1) is 3.57 Å². The Balaban J connectivity index is 2.79. The smallest absolute Gasteiger partial charge is 0.310 e. The number of hydrogen-bond acceptors (Lipinski definition) is 2. The highest BCUT2D eigenvalue weighted by Gasteiger charge is 2.31. The van der Waals surface area contributed by atoms with Crippen LogP contribution in [0.4, 0.5) is 8.78 Å². The first kappa shape index (κ1) is 16.6. The van der Waals surface area contributed by atoms with Crippen LogP contribution in [0.25, 0.3) is 10.4 Å². The van der Waals surface area contributed by atoms with Gasteiger partial charge in [0.05, 0.1) is 12.5 Å². The first-order chi connectivity index (χ1) is 9.35. The summed E-state index contributed by atoms with van der Waals surface area (Å²) < 4.78 is 27.6. The van der Waals surface area contributed by atoms with Crippen molar-refractivity contribution >= 4 is 28.6 Å². The number of alkyl halides is 2. The minimum atomic E-state index is -3.19. The average Bonchev–Trinajstić information content (AvgIpc) is 2.36. The fourth-order valence-corrected chi connectivity index (χ4v) is 2.29. The van der Waals surface area contributed by atoms with E-state index < -0.39 is 30.8 Å². The summed E-state index contributed by atoms with van der Waals surface area (Å²) in [5, 5.41) is 12.0. The molecular weight excluding hydrogens is 383 g/mol.